The first-order chi connectivity index (χ1) is 16.1. The Morgan fingerprint density at radius 2 is 1.85 bits per heavy atom. The molecule has 1 aliphatic rings. The number of likely N-dealkylation sites (tertiary alicyclic amines) is 1. The van der Waals surface area contributed by atoms with Crippen LogP contribution in [-0.4, -0.2) is 34.2 Å². The van der Waals surface area contributed by atoms with Crippen LogP contribution in [0.1, 0.15) is 29.5 Å². The number of hydrogen-bond donors (Lipinski definition) is 1. The standard InChI is InChI=1S/C25H23FN4O2S/c1-16-22(23(29-32-16)19-9-5-6-10-20(19)26)21-15-33-24(28-21)17-11-13-30(14-12-17)25(31)27-18-7-3-2-4-8-18/h2-10,15,17H,11-14H2,1H3,(H,27,31). The summed E-state index contributed by atoms with van der Waals surface area (Å²) in [6.45, 7) is 3.16. The summed E-state index contributed by atoms with van der Waals surface area (Å²) in [5, 5.41) is 10.1. The zero-order valence-electron chi connectivity index (χ0n) is 18.1. The number of aryl methyl sites for hydroxylation is 1. The summed E-state index contributed by atoms with van der Waals surface area (Å²) in [4.78, 5) is 19.3. The van der Waals surface area contributed by atoms with Crippen LogP contribution in [-0.2, 0) is 0 Å². The molecule has 2 aromatic heterocycles. The highest BCUT2D eigenvalue weighted by Crippen LogP contribution is 2.38. The van der Waals surface area contributed by atoms with Gasteiger partial charge in [-0.25, -0.2) is 14.2 Å². The number of amides is 2. The molecule has 0 aliphatic carbocycles. The van der Waals surface area contributed by atoms with Gasteiger partial charge in [-0.05, 0) is 44.0 Å². The molecule has 0 atom stereocenters. The second-order valence-electron chi connectivity index (χ2n) is 8.07. The third kappa shape index (κ3) is 4.39. The Morgan fingerprint density at radius 3 is 2.61 bits per heavy atom. The smallest absolute Gasteiger partial charge is 0.321 e. The lowest BCUT2D eigenvalue weighted by Crippen LogP contribution is -2.40. The molecule has 8 heteroatoms. The van der Waals surface area contributed by atoms with E-state index in [1.54, 1.807) is 29.5 Å². The average Bonchev–Trinajstić information content (AvgIpc) is 3.47. The van der Waals surface area contributed by atoms with Crippen molar-refractivity contribution in [3.63, 3.8) is 0 Å². The van der Waals surface area contributed by atoms with Crippen LogP contribution < -0.4 is 5.32 Å². The number of halogens is 1. The molecule has 0 radical (unpaired) electrons. The van der Waals surface area contributed by atoms with Gasteiger partial charge < -0.3 is 14.7 Å². The van der Waals surface area contributed by atoms with Gasteiger partial charge in [0, 0.05) is 35.6 Å². The van der Waals surface area contributed by atoms with Gasteiger partial charge in [0.25, 0.3) is 0 Å². The topological polar surface area (TPSA) is 71.3 Å². The van der Waals surface area contributed by atoms with Gasteiger partial charge in [-0.2, -0.15) is 0 Å². The molecule has 4 aromatic rings. The van der Waals surface area contributed by atoms with Gasteiger partial charge in [-0.15, -0.1) is 11.3 Å². The molecule has 1 fully saturated rings. The van der Waals surface area contributed by atoms with E-state index in [1.165, 1.54) is 6.07 Å². The highest BCUT2D eigenvalue weighted by atomic mass is 32.1. The third-order valence-electron chi connectivity index (χ3n) is 5.93. The molecule has 0 bridgehead atoms. The Hall–Kier alpha value is -3.52. The third-order valence-corrected chi connectivity index (χ3v) is 6.93. The Labute approximate surface area is 195 Å². The molecular weight excluding hydrogens is 439 g/mol. The molecule has 5 rings (SSSR count). The zero-order chi connectivity index (χ0) is 22.8. The summed E-state index contributed by atoms with van der Waals surface area (Å²) in [7, 11) is 0. The molecule has 2 amide bonds. The average molecular weight is 463 g/mol. The molecule has 0 spiro atoms. The van der Waals surface area contributed by atoms with Gasteiger partial charge in [-0.3, -0.25) is 0 Å². The van der Waals surface area contributed by atoms with Crippen molar-refractivity contribution in [2.75, 3.05) is 18.4 Å². The molecule has 2 aromatic carbocycles. The lowest BCUT2D eigenvalue weighted by Gasteiger charge is -2.31. The number of thiazole rings is 1. The number of urea groups is 1. The van der Waals surface area contributed by atoms with E-state index >= 15 is 0 Å². The van der Waals surface area contributed by atoms with Gasteiger partial charge in [0.2, 0.25) is 0 Å². The quantitative estimate of drug-likeness (QED) is 0.385. The van der Waals surface area contributed by atoms with E-state index in [-0.39, 0.29) is 17.8 Å². The molecule has 33 heavy (non-hydrogen) atoms. The van der Waals surface area contributed by atoms with E-state index in [0.29, 0.717) is 30.1 Å². The van der Waals surface area contributed by atoms with Crippen LogP contribution in [0, 0.1) is 12.7 Å². The highest BCUT2D eigenvalue weighted by Gasteiger charge is 2.27. The van der Waals surface area contributed by atoms with E-state index in [9.17, 15) is 9.18 Å². The number of anilines is 1. The summed E-state index contributed by atoms with van der Waals surface area (Å²) < 4.78 is 19.8. The predicted octanol–water partition coefficient (Wildman–Crippen LogP) is 6.32. The van der Waals surface area contributed by atoms with E-state index in [2.05, 4.69) is 10.5 Å². The number of aromatic nitrogens is 2. The van der Waals surface area contributed by atoms with Gasteiger partial charge in [0.05, 0.1) is 16.3 Å². The minimum absolute atomic E-state index is 0.0749. The maximum atomic E-state index is 14.4. The highest BCUT2D eigenvalue weighted by molar-refractivity contribution is 7.10. The summed E-state index contributed by atoms with van der Waals surface area (Å²) in [6.07, 6.45) is 1.69. The number of rotatable bonds is 4. The summed E-state index contributed by atoms with van der Waals surface area (Å²) in [5.74, 6) is 0.544. The first-order valence-corrected chi connectivity index (χ1v) is 11.8. The van der Waals surface area contributed by atoms with E-state index < -0.39 is 0 Å². The first-order valence-electron chi connectivity index (χ1n) is 10.9. The molecule has 0 saturated carbocycles. The lowest BCUT2D eigenvalue weighted by atomic mass is 9.97. The van der Waals surface area contributed by atoms with Crippen LogP contribution in [0.3, 0.4) is 0 Å². The number of hydrogen-bond acceptors (Lipinski definition) is 5. The summed E-state index contributed by atoms with van der Waals surface area (Å²) in [6, 6.07) is 15.9. The SMILES string of the molecule is Cc1onc(-c2ccccc2F)c1-c1csc(C2CCN(C(=O)Nc3ccccc3)CC2)n1. The van der Waals surface area contributed by atoms with Crippen molar-refractivity contribution in [3.05, 3.63) is 76.6 Å². The van der Waals surface area contributed by atoms with E-state index in [1.807, 2.05) is 47.5 Å². The van der Waals surface area contributed by atoms with E-state index in [0.717, 1.165) is 34.8 Å². The Balaban J connectivity index is 1.29. The molecule has 1 saturated heterocycles. The fourth-order valence-corrected chi connectivity index (χ4v) is 5.14. The summed E-state index contributed by atoms with van der Waals surface area (Å²) in [5.41, 5.74) is 3.13. The normalized spacial score (nSPS) is 14.4. The molecule has 3 heterocycles. The van der Waals surface area contributed by atoms with Crippen molar-refractivity contribution in [2.45, 2.75) is 25.7 Å². The fourth-order valence-electron chi connectivity index (χ4n) is 4.15. The second kappa shape index (κ2) is 9.15. The van der Waals surface area contributed by atoms with E-state index in [4.69, 9.17) is 9.51 Å². The Bertz CT molecular complexity index is 1260. The number of carbonyl (C=O) groups is 1. The van der Waals surface area contributed by atoms with Gasteiger partial charge >= 0.3 is 6.03 Å². The maximum absolute atomic E-state index is 14.4. The Morgan fingerprint density at radius 1 is 1.12 bits per heavy atom. The maximum Gasteiger partial charge on any atom is 0.321 e. The number of piperidine rings is 1. The monoisotopic (exact) mass is 462 g/mol. The van der Waals surface area contributed by atoms with Crippen LogP contribution in [0.2, 0.25) is 0 Å². The number of para-hydroxylation sites is 1. The van der Waals surface area contributed by atoms with Crippen molar-refractivity contribution in [2.24, 2.45) is 0 Å². The number of benzene rings is 2. The first kappa shape index (κ1) is 21.3. The number of carbonyl (C=O) groups excluding carboxylic acids is 1. The van der Waals surface area contributed by atoms with Crippen LogP contribution in [0.15, 0.2) is 64.5 Å². The van der Waals surface area contributed by atoms with Gasteiger partial charge in [-0.1, -0.05) is 35.5 Å². The zero-order valence-corrected chi connectivity index (χ0v) is 18.9. The summed E-state index contributed by atoms with van der Waals surface area (Å²) >= 11 is 1.59. The second-order valence-corrected chi connectivity index (χ2v) is 8.96. The van der Waals surface area contributed by atoms with Crippen molar-refractivity contribution in [1.29, 1.82) is 0 Å². The Kier molecular flexibility index (Phi) is 5.92. The van der Waals surface area contributed by atoms with Crippen molar-refractivity contribution in [1.82, 2.24) is 15.0 Å². The molecular formula is C25H23FN4O2S. The van der Waals surface area contributed by atoms with Crippen LogP contribution in [0.5, 0.6) is 0 Å². The van der Waals surface area contributed by atoms with Gasteiger partial charge in [0.15, 0.2) is 0 Å². The number of nitrogens with one attached hydrogen (secondary N) is 1. The van der Waals surface area contributed by atoms with Crippen molar-refractivity contribution in [3.8, 4) is 22.5 Å². The molecule has 168 valence electrons. The lowest BCUT2D eigenvalue weighted by molar-refractivity contribution is 0.194. The largest absolute Gasteiger partial charge is 0.360 e. The van der Waals surface area contributed by atoms with Gasteiger partial charge in [0.1, 0.15) is 17.3 Å². The molecule has 6 nitrogen and oxygen atoms in total. The predicted molar refractivity (Wildman–Crippen MR) is 127 cm³/mol. The molecule has 1 aliphatic heterocycles. The molecule has 0 unspecified atom stereocenters. The minimum atomic E-state index is -0.344. The van der Waals surface area contributed by atoms with Crippen molar-refractivity contribution < 1.29 is 13.7 Å². The fraction of sp³-hybridized carbons (Fsp3) is 0.240. The number of nitrogens with zero attached hydrogens (tertiary/aromatic N) is 3. The molecule has 1 N–H and O–H groups in total. The van der Waals surface area contributed by atoms with Crippen LogP contribution in [0.4, 0.5) is 14.9 Å². The minimum Gasteiger partial charge on any atom is -0.360 e. The van der Waals surface area contributed by atoms with Crippen LogP contribution in [0.25, 0.3) is 22.5 Å². The van der Waals surface area contributed by atoms with Crippen molar-refractivity contribution >= 4 is 23.1 Å². The van der Waals surface area contributed by atoms with Crippen LogP contribution >= 0.6 is 11.3 Å².